The van der Waals surface area contributed by atoms with E-state index in [2.05, 4.69) is 5.32 Å². The molecule has 5 nitrogen and oxygen atoms in total. The van der Waals surface area contributed by atoms with Gasteiger partial charge in [0.2, 0.25) is 0 Å². The predicted molar refractivity (Wildman–Crippen MR) is 101 cm³/mol. The molecule has 0 aliphatic carbocycles. The molecule has 0 radical (unpaired) electrons. The minimum Gasteiger partial charge on any atom is -0.453 e. The summed E-state index contributed by atoms with van der Waals surface area (Å²) in [4.78, 5) is 35.9. The van der Waals surface area contributed by atoms with Crippen molar-refractivity contribution in [2.75, 3.05) is 5.32 Å². The number of carbonyl (C=O) groups is 3. The van der Waals surface area contributed by atoms with Gasteiger partial charge in [-0.3, -0.25) is 14.4 Å². The first-order chi connectivity index (χ1) is 12.4. The molecule has 0 aromatic heterocycles. The van der Waals surface area contributed by atoms with Gasteiger partial charge in [-0.1, -0.05) is 35.3 Å². The Morgan fingerprint density at radius 3 is 2.31 bits per heavy atom. The van der Waals surface area contributed by atoms with E-state index in [1.807, 2.05) is 0 Å². The molecule has 26 heavy (non-hydrogen) atoms. The molecule has 0 saturated carbocycles. The Morgan fingerprint density at radius 2 is 1.65 bits per heavy atom. The van der Waals surface area contributed by atoms with Gasteiger partial charge in [-0.15, -0.1) is 0 Å². The third-order valence-corrected chi connectivity index (χ3v) is 4.11. The van der Waals surface area contributed by atoms with Crippen LogP contribution in [0.3, 0.4) is 0 Å². The molecule has 0 heterocycles. The van der Waals surface area contributed by atoms with Gasteiger partial charge in [-0.05, 0) is 43.3 Å². The molecule has 0 aliphatic rings. The number of rotatable bonds is 7. The van der Waals surface area contributed by atoms with Crippen LogP contribution in [-0.2, 0) is 14.3 Å². The van der Waals surface area contributed by atoms with Crippen LogP contribution in [-0.4, -0.2) is 23.8 Å². The smallest absolute Gasteiger partial charge is 0.307 e. The van der Waals surface area contributed by atoms with E-state index in [1.54, 1.807) is 48.5 Å². The van der Waals surface area contributed by atoms with Crippen molar-refractivity contribution < 1.29 is 19.1 Å². The van der Waals surface area contributed by atoms with Crippen molar-refractivity contribution in [1.29, 1.82) is 0 Å². The average molecular weight is 394 g/mol. The van der Waals surface area contributed by atoms with Crippen LogP contribution in [0, 0.1) is 0 Å². The number of amides is 1. The number of hydrogen-bond donors (Lipinski definition) is 1. The predicted octanol–water partition coefficient (Wildman–Crippen LogP) is 4.53. The molecule has 0 fully saturated rings. The zero-order chi connectivity index (χ0) is 19.1. The monoisotopic (exact) mass is 393 g/mol. The van der Waals surface area contributed by atoms with Gasteiger partial charge in [0.25, 0.3) is 5.91 Å². The minimum absolute atomic E-state index is 0.0146. The zero-order valence-electron chi connectivity index (χ0n) is 14.0. The molecule has 1 amide bonds. The van der Waals surface area contributed by atoms with Crippen molar-refractivity contribution in [2.45, 2.75) is 25.9 Å². The van der Waals surface area contributed by atoms with Gasteiger partial charge in [-0.25, -0.2) is 0 Å². The Balaban J connectivity index is 1.81. The summed E-state index contributed by atoms with van der Waals surface area (Å²) in [6, 6.07) is 13.1. The number of benzene rings is 2. The maximum absolute atomic E-state index is 12.1. The summed E-state index contributed by atoms with van der Waals surface area (Å²) in [6.45, 7) is 1.45. The van der Waals surface area contributed by atoms with E-state index in [9.17, 15) is 14.4 Å². The second-order valence-corrected chi connectivity index (χ2v) is 6.37. The fraction of sp³-hybridized carbons (Fsp3) is 0.211. The van der Waals surface area contributed by atoms with Gasteiger partial charge in [0.15, 0.2) is 11.9 Å². The number of hydrogen-bond acceptors (Lipinski definition) is 4. The van der Waals surface area contributed by atoms with Crippen LogP contribution in [0.15, 0.2) is 48.5 Å². The van der Waals surface area contributed by atoms with E-state index in [4.69, 9.17) is 27.9 Å². The number of ether oxygens (including phenoxy) is 1. The second-order valence-electron chi connectivity index (χ2n) is 5.53. The highest BCUT2D eigenvalue weighted by molar-refractivity contribution is 6.33. The Bertz CT molecular complexity index is 805. The summed E-state index contributed by atoms with van der Waals surface area (Å²) in [6.07, 6.45) is -1.14. The van der Waals surface area contributed by atoms with Crippen LogP contribution in [0.2, 0.25) is 10.0 Å². The molecule has 1 atom stereocenters. The average Bonchev–Trinajstić information content (AvgIpc) is 2.62. The van der Waals surface area contributed by atoms with E-state index in [1.165, 1.54) is 6.92 Å². The fourth-order valence-electron chi connectivity index (χ4n) is 2.10. The molecule has 7 heteroatoms. The third kappa shape index (κ3) is 5.86. The molecule has 2 rings (SSSR count). The zero-order valence-corrected chi connectivity index (χ0v) is 15.5. The first-order valence-electron chi connectivity index (χ1n) is 7.90. The highest BCUT2D eigenvalue weighted by Gasteiger charge is 2.19. The van der Waals surface area contributed by atoms with Gasteiger partial charge in [0.1, 0.15) is 0 Å². The van der Waals surface area contributed by atoms with Crippen LogP contribution in [0.25, 0.3) is 0 Å². The summed E-state index contributed by atoms with van der Waals surface area (Å²) in [5.74, 6) is -1.34. The maximum atomic E-state index is 12.1. The van der Waals surface area contributed by atoms with Crippen molar-refractivity contribution in [3.8, 4) is 0 Å². The van der Waals surface area contributed by atoms with Crippen molar-refractivity contribution >= 4 is 46.5 Å². The molecular weight excluding hydrogens is 377 g/mol. The van der Waals surface area contributed by atoms with Crippen LogP contribution in [0.1, 0.15) is 30.1 Å². The Morgan fingerprint density at radius 1 is 1.00 bits per heavy atom. The van der Waals surface area contributed by atoms with Gasteiger partial charge in [0, 0.05) is 17.0 Å². The topological polar surface area (TPSA) is 72.5 Å². The normalized spacial score (nSPS) is 11.5. The van der Waals surface area contributed by atoms with Gasteiger partial charge < -0.3 is 10.1 Å². The van der Waals surface area contributed by atoms with Crippen molar-refractivity contribution in [1.82, 2.24) is 0 Å². The van der Waals surface area contributed by atoms with Crippen molar-refractivity contribution in [2.24, 2.45) is 0 Å². The van der Waals surface area contributed by atoms with E-state index in [0.29, 0.717) is 21.3 Å². The summed E-state index contributed by atoms with van der Waals surface area (Å²) in [5.41, 5.74) is 0.895. The van der Waals surface area contributed by atoms with Gasteiger partial charge in [-0.2, -0.15) is 0 Å². The quantitative estimate of drug-likeness (QED) is 0.553. The summed E-state index contributed by atoms with van der Waals surface area (Å²) in [7, 11) is 0. The lowest BCUT2D eigenvalue weighted by Crippen LogP contribution is -2.30. The largest absolute Gasteiger partial charge is 0.453 e. The number of halogens is 2. The number of para-hydroxylation sites is 1. The lowest BCUT2D eigenvalue weighted by atomic mass is 10.1. The van der Waals surface area contributed by atoms with E-state index in [0.717, 1.165) is 0 Å². The lowest BCUT2D eigenvalue weighted by Gasteiger charge is -2.14. The standard InChI is InChI=1S/C19H17Cl2NO4/c1-12(19(25)22-16-5-3-2-4-15(16)21)26-18(24)11-10-17(23)13-6-8-14(20)9-7-13/h2-9,12H,10-11H2,1H3,(H,22,25). The number of nitrogens with one attached hydrogen (secondary N) is 1. The lowest BCUT2D eigenvalue weighted by molar-refractivity contribution is -0.153. The van der Waals surface area contributed by atoms with Crippen molar-refractivity contribution in [3.63, 3.8) is 0 Å². The number of carbonyl (C=O) groups excluding carboxylic acids is 3. The molecular formula is C19H17Cl2NO4. The molecule has 2 aromatic carbocycles. The fourth-order valence-corrected chi connectivity index (χ4v) is 2.41. The first-order valence-corrected chi connectivity index (χ1v) is 8.66. The molecule has 1 unspecified atom stereocenters. The Labute approximate surface area is 161 Å². The summed E-state index contributed by atoms with van der Waals surface area (Å²) >= 11 is 11.7. The first kappa shape index (κ1) is 19.9. The van der Waals surface area contributed by atoms with Gasteiger partial charge in [0.05, 0.1) is 17.1 Å². The molecule has 0 aliphatic heterocycles. The molecule has 2 aromatic rings. The molecule has 136 valence electrons. The highest BCUT2D eigenvalue weighted by Crippen LogP contribution is 2.20. The molecule has 0 spiro atoms. The van der Waals surface area contributed by atoms with E-state index < -0.39 is 18.0 Å². The highest BCUT2D eigenvalue weighted by atomic mass is 35.5. The third-order valence-electron chi connectivity index (χ3n) is 3.53. The number of Topliss-reactive ketones (excluding diaryl/α,β-unsaturated/α-hetero) is 1. The number of anilines is 1. The molecule has 0 bridgehead atoms. The minimum atomic E-state index is -1.01. The van der Waals surface area contributed by atoms with Crippen molar-refractivity contribution in [3.05, 3.63) is 64.1 Å². The van der Waals surface area contributed by atoms with Crippen LogP contribution in [0.5, 0.6) is 0 Å². The van der Waals surface area contributed by atoms with E-state index >= 15 is 0 Å². The maximum Gasteiger partial charge on any atom is 0.307 e. The number of esters is 1. The Kier molecular flexibility index (Phi) is 7.18. The molecule has 0 saturated heterocycles. The number of ketones is 1. The van der Waals surface area contributed by atoms with Gasteiger partial charge >= 0.3 is 5.97 Å². The van der Waals surface area contributed by atoms with Crippen LogP contribution >= 0.6 is 23.2 Å². The van der Waals surface area contributed by atoms with Crippen LogP contribution < -0.4 is 5.32 Å². The Hall–Kier alpha value is -2.37. The van der Waals surface area contributed by atoms with Crippen LogP contribution in [0.4, 0.5) is 5.69 Å². The summed E-state index contributed by atoms with van der Waals surface area (Å²) < 4.78 is 5.06. The second kappa shape index (κ2) is 9.36. The van der Waals surface area contributed by atoms with E-state index in [-0.39, 0.29) is 18.6 Å². The summed E-state index contributed by atoms with van der Waals surface area (Å²) in [5, 5.41) is 3.49. The molecule has 1 N–H and O–H groups in total. The SMILES string of the molecule is CC(OC(=O)CCC(=O)c1ccc(Cl)cc1)C(=O)Nc1ccccc1Cl.